The van der Waals surface area contributed by atoms with E-state index in [-0.39, 0.29) is 10.8 Å². The molecule has 0 bridgehead atoms. The van der Waals surface area contributed by atoms with Crippen LogP contribution in [0.4, 0.5) is 5.69 Å². The second-order valence-electron chi connectivity index (χ2n) is 7.17. The van der Waals surface area contributed by atoms with Crippen molar-refractivity contribution in [3.63, 3.8) is 0 Å². The fourth-order valence-corrected chi connectivity index (χ4v) is 3.77. The van der Waals surface area contributed by atoms with Gasteiger partial charge in [-0.1, -0.05) is 12.1 Å². The van der Waals surface area contributed by atoms with E-state index in [0.717, 1.165) is 5.56 Å². The van der Waals surface area contributed by atoms with E-state index in [2.05, 4.69) is 5.10 Å². The van der Waals surface area contributed by atoms with E-state index in [9.17, 15) is 18.0 Å². The van der Waals surface area contributed by atoms with Crippen LogP contribution in [0.5, 0.6) is 0 Å². The predicted molar refractivity (Wildman–Crippen MR) is 122 cm³/mol. The minimum Gasteiger partial charge on any atom is -0.465 e. The molecule has 1 amide bonds. The molecule has 1 aliphatic rings. The lowest BCUT2D eigenvalue weighted by Crippen LogP contribution is -2.21. The highest BCUT2D eigenvalue weighted by molar-refractivity contribution is 7.89. The van der Waals surface area contributed by atoms with Crippen LogP contribution in [0.25, 0.3) is 17.4 Å². The average molecular weight is 465 g/mol. The van der Waals surface area contributed by atoms with Gasteiger partial charge < -0.3 is 9.15 Å². The van der Waals surface area contributed by atoms with E-state index in [1.54, 1.807) is 49.4 Å². The summed E-state index contributed by atoms with van der Waals surface area (Å²) in [6.45, 7) is 1.69. The molecule has 1 aliphatic heterocycles. The Kier molecular flexibility index (Phi) is 5.71. The summed E-state index contributed by atoms with van der Waals surface area (Å²) in [6.07, 6.45) is 1.59. The minimum atomic E-state index is -3.83. The highest BCUT2D eigenvalue weighted by Gasteiger charge is 2.29. The van der Waals surface area contributed by atoms with Crippen molar-refractivity contribution < 1.29 is 27.2 Å². The molecule has 0 saturated carbocycles. The third-order valence-corrected chi connectivity index (χ3v) is 5.91. The zero-order chi connectivity index (χ0) is 23.8. The van der Waals surface area contributed by atoms with Crippen molar-refractivity contribution in [3.05, 3.63) is 77.6 Å². The zero-order valence-corrected chi connectivity index (χ0v) is 18.5. The minimum absolute atomic E-state index is 0.0582. The Morgan fingerprint density at radius 2 is 1.73 bits per heavy atom. The lowest BCUT2D eigenvalue weighted by Gasteiger charge is -2.11. The maximum absolute atomic E-state index is 12.9. The lowest BCUT2D eigenvalue weighted by molar-refractivity contribution is -0.114. The Balaban J connectivity index is 1.56. The van der Waals surface area contributed by atoms with E-state index < -0.39 is 16.0 Å². The van der Waals surface area contributed by atoms with Crippen LogP contribution in [0.15, 0.2) is 80.7 Å². The van der Waals surface area contributed by atoms with Crippen molar-refractivity contribution in [2.24, 2.45) is 10.2 Å². The van der Waals surface area contributed by atoms with Gasteiger partial charge in [0.15, 0.2) is 0 Å². The molecule has 9 nitrogen and oxygen atoms in total. The molecule has 0 fully saturated rings. The molecule has 0 unspecified atom stereocenters. The van der Waals surface area contributed by atoms with Crippen LogP contribution >= 0.6 is 0 Å². The molecule has 3 aromatic rings. The Labute approximate surface area is 189 Å². The summed E-state index contributed by atoms with van der Waals surface area (Å²) in [7, 11) is -2.52. The number of rotatable bonds is 5. The molecule has 10 heteroatoms. The molecule has 0 atom stereocenters. The first-order valence-electron chi connectivity index (χ1n) is 9.70. The second-order valence-corrected chi connectivity index (χ2v) is 8.73. The molecule has 4 rings (SSSR count). The van der Waals surface area contributed by atoms with Gasteiger partial charge in [-0.15, -0.1) is 0 Å². The molecule has 33 heavy (non-hydrogen) atoms. The number of hydrogen-bond acceptors (Lipinski definition) is 7. The number of hydrogen-bond donors (Lipinski definition) is 1. The van der Waals surface area contributed by atoms with E-state index in [1.807, 2.05) is 0 Å². The molecular weight excluding hydrogens is 446 g/mol. The second kappa shape index (κ2) is 8.49. The quantitative estimate of drug-likeness (QED) is 0.455. The maximum atomic E-state index is 12.9. The van der Waals surface area contributed by atoms with Crippen LogP contribution < -0.4 is 10.1 Å². The van der Waals surface area contributed by atoms with Crippen molar-refractivity contribution in [2.75, 3.05) is 12.1 Å². The van der Waals surface area contributed by atoms with Crippen LogP contribution in [0.3, 0.4) is 0 Å². The summed E-state index contributed by atoms with van der Waals surface area (Å²) in [5, 5.41) is 10.6. The van der Waals surface area contributed by atoms with Crippen LogP contribution in [0, 0.1) is 0 Å². The molecule has 2 aromatic carbocycles. The van der Waals surface area contributed by atoms with E-state index in [4.69, 9.17) is 14.3 Å². The van der Waals surface area contributed by atoms with Gasteiger partial charge in [-0.3, -0.25) is 4.79 Å². The van der Waals surface area contributed by atoms with Crippen LogP contribution in [0.2, 0.25) is 0 Å². The molecule has 2 N–H and O–H groups in total. The summed E-state index contributed by atoms with van der Waals surface area (Å²) in [5.41, 5.74) is 2.41. The number of amides is 1. The summed E-state index contributed by atoms with van der Waals surface area (Å²) >= 11 is 0. The number of nitrogens with zero attached hydrogens (tertiary/aromatic N) is 2. The summed E-state index contributed by atoms with van der Waals surface area (Å²) < 4.78 is 33.4. The predicted octanol–water partition coefficient (Wildman–Crippen LogP) is 3.19. The number of benzene rings is 2. The number of carbonyl (C=O) groups excluding carboxylic acids is 2. The number of carbonyl (C=O) groups is 2. The fraction of sp³-hybridized carbons (Fsp3) is 0.0870. The lowest BCUT2D eigenvalue weighted by atomic mass is 10.1. The van der Waals surface area contributed by atoms with Crippen molar-refractivity contribution in [3.8, 4) is 11.3 Å². The molecule has 1 aromatic heterocycles. The highest BCUT2D eigenvalue weighted by atomic mass is 32.2. The van der Waals surface area contributed by atoms with Crippen LogP contribution in [0.1, 0.15) is 23.0 Å². The number of ether oxygens (including phenoxy) is 1. The van der Waals surface area contributed by atoms with Crippen molar-refractivity contribution in [1.82, 2.24) is 0 Å². The third-order valence-electron chi connectivity index (χ3n) is 4.98. The first-order chi connectivity index (χ1) is 15.7. The molecule has 0 saturated heterocycles. The van der Waals surface area contributed by atoms with Gasteiger partial charge in [0.25, 0.3) is 5.91 Å². The number of sulfonamides is 1. The van der Waals surface area contributed by atoms with E-state index in [0.29, 0.717) is 34.1 Å². The van der Waals surface area contributed by atoms with Gasteiger partial charge in [-0.05, 0) is 61.5 Å². The van der Waals surface area contributed by atoms with Crippen molar-refractivity contribution >= 4 is 39.4 Å². The van der Waals surface area contributed by atoms with Gasteiger partial charge in [0, 0.05) is 5.56 Å². The molecule has 168 valence electrons. The Bertz CT molecular complexity index is 1400. The number of anilines is 1. The molecule has 0 aliphatic carbocycles. The first-order valence-corrected chi connectivity index (χ1v) is 11.2. The number of furan rings is 1. The standard InChI is InChI=1S/C23H19N3O6S/c1-14-20(22(27)26(25-14)17-7-10-19(11-8-17)33(24,29)30)13-18-9-12-21(32-18)15-3-5-16(6-4-15)23(28)31-2/h3-13H,1-2H3,(H2,24,29,30)/b20-13-. The number of hydrazone groups is 1. The maximum Gasteiger partial charge on any atom is 0.337 e. The van der Waals surface area contributed by atoms with Gasteiger partial charge in [0.2, 0.25) is 10.0 Å². The van der Waals surface area contributed by atoms with Gasteiger partial charge in [0.05, 0.1) is 34.5 Å². The number of nitrogens with two attached hydrogens (primary N) is 1. The van der Waals surface area contributed by atoms with E-state index >= 15 is 0 Å². The van der Waals surface area contributed by atoms with Crippen molar-refractivity contribution in [2.45, 2.75) is 11.8 Å². The summed E-state index contributed by atoms with van der Waals surface area (Å²) in [5.74, 6) is 0.209. The normalized spacial score (nSPS) is 15.1. The monoisotopic (exact) mass is 465 g/mol. The Hall–Kier alpha value is -4.02. The van der Waals surface area contributed by atoms with Crippen molar-refractivity contribution in [1.29, 1.82) is 0 Å². The highest BCUT2D eigenvalue weighted by Crippen LogP contribution is 2.28. The Morgan fingerprint density at radius 3 is 2.33 bits per heavy atom. The molecular formula is C23H19N3O6S. The SMILES string of the molecule is COC(=O)c1ccc(-c2ccc(/C=C3\C(=O)N(c4ccc(S(N)(=O)=O)cc4)N=C3C)o2)cc1. The molecule has 0 spiro atoms. The van der Waals surface area contributed by atoms with Gasteiger partial charge in [0.1, 0.15) is 11.5 Å². The first kappa shape index (κ1) is 22.2. The van der Waals surface area contributed by atoms with Gasteiger partial charge >= 0.3 is 5.97 Å². The average Bonchev–Trinajstić information content (AvgIpc) is 3.38. The summed E-state index contributed by atoms with van der Waals surface area (Å²) in [6, 6.07) is 15.8. The summed E-state index contributed by atoms with van der Waals surface area (Å²) in [4.78, 5) is 24.4. The third kappa shape index (κ3) is 4.47. The molecule has 2 heterocycles. The van der Waals surface area contributed by atoms with Gasteiger partial charge in [-0.2, -0.15) is 10.1 Å². The zero-order valence-electron chi connectivity index (χ0n) is 17.7. The largest absolute Gasteiger partial charge is 0.465 e. The molecule has 0 radical (unpaired) electrons. The van der Waals surface area contributed by atoms with E-state index in [1.165, 1.54) is 36.4 Å². The Morgan fingerprint density at radius 1 is 1.06 bits per heavy atom. The number of methoxy groups -OCH3 is 1. The number of esters is 1. The van der Waals surface area contributed by atoms with Crippen LogP contribution in [-0.4, -0.2) is 33.1 Å². The topological polar surface area (TPSA) is 132 Å². The smallest absolute Gasteiger partial charge is 0.337 e. The fourth-order valence-electron chi connectivity index (χ4n) is 3.25. The van der Waals surface area contributed by atoms with Crippen LogP contribution in [-0.2, 0) is 19.6 Å². The number of primary sulfonamides is 1. The van der Waals surface area contributed by atoms with Gasteiger partial charge in [-0.25, -0.2) is 18.4 Å².